The topological polar surface area (TPSA) is 50.9 Å². The lowest BCUT2D eigenvalue weighted by Crippen LogP contribution is -2.46. The van der Waals surface area contributed by atoms with Crippen molar-refractivity contribution in [2.24, 2.45) is 11.3 Å². The van der Waals surface area contributed by atoms with Crippen LogP contribution in [0.4, 0.5) is 0 Å². The van der Waals surface area contributed by atoms with E-state index in [1.807, 2.05) is 0 Å². The Balaban J connectivity index is 2.05. The third-order valence-corrected chi connectivity index (χ3v) is 3.95. The van der Waals surface area contributed by atoms with E-state index in [1.165, 1.54) is 19.2 Å². The lowest BCUT2D eigenvalue weighted by Gasteiger charge is -2.40. The van der Waals surface area contributed by atoms with Crippen LogP contribution in [0.25, 0.3) is 0 Å². The number of nitrogens with zero attached hydrogens (tertiary/aromatic N) is 3. The molecule has 1 fully saturated rings. The first kappa shape index (κ1) is 12.6. The summed E-state index contributed by atoms with van der Waals surface area (Å²) < 4.78 is 1.73. The number of hydrogen-bond donors (Lipinski definition) is 1. The molecule has 1 saturated carbocycles. The summed E-state index contributed by atoms with van der Waals surface area (Å²) in [6.45, 7) is 6.81. The molecule has 2 rings (SSSR count). The molecule has 1 atom stereocenters. The van der Waals surface area contributed by atoms with Crippen LogP contribution < -0.4 is 0 Å². The van der Waals surface area contributed by atoms with E-state index in [4.69, 9.17) is 0 Å². The van der Waals surface area contributed by atoms with E-state index in [1.54, 1.807) is 11.0 Å². The van der Waals surface area contributed by atoms with E-state index in [0.29, 0.717) is 6.54 Å². The highest BCUT2D eigenvalue weighted by molar-refractivity contribution is 4.92. The van der Waals surface area contributed by atoms with Gasteiger partial charge >= 0.3 is 0 Å². The molecule has 1 aromatic heterocycles. The maximum Gasteiger partial charge on any atom is 0.137 e. The molecule has 4 heteroatoms. The largest absolute Gasteiger partial charge is 0.387 e. The second kappa shape index (κ2) is 4.41. The quantitative estimate of drug-likeness (QED) is 0.854. The first-order chi connectivity index (χ1) is 7.91. The van der Waals surface area contributed by atoms with Crippen LogP contribution in [0.5, 0.6) is 0 Å². The Morgan fingerprint density at radius 3 is 2.53 bits per heavy atom. The molecule has 0 radical (unpaired) electrons. The zero-order valence-electron chi connectivity index (χ0n) is 11.1. The van der Waals surface area contributed by atoms with Crippen molar-refractivity contribution in [2.45, 2.75) is 58.6 Å². The minimum atomic E-state index is -0.705. The molecule has 4 nitrogen and oxygen atoms in total. The van der Waals surface area contributed by atoms with Gasteiger partial charge in [0.05, 0.1) is 12.1 Å². The maximum atomic E-state index is 10.9. The zero-order chi connectivity index (χ0) is 12.5. The second-order valence-electron chi connectivity index (χ2n) is 6.36. The third-order valence-electron chi connectivity index (χ3n) is 3.95. The van der Waals surface area contributed by atoms with Crippen LogP contribution in [0.15, 0.2) is 12.7 Å². The van der Waals surface area contributed by atoms with Crippen molar-refractivity contribution in [3.8, 4) is 0 Å². The van der Waals surface area contributed by atoms with Gasteiger partial charge in [-0.1, -0.05) is 33.6 Å². The van der Waals surface area contributed by atoms with Crippen LogP contribution in [0, 0.1) is 11.3 Å². The average molecular weight is 237 g/mol. The fraction of sp³-hybridized carbons (Fsp3) is 0.846. The van der Waals surface area contributed by atoms with Gasteiger partial charge in [-0.2, -0.15) is 5.10 Å². The van der Waals surface area contributed by atoms with E-state index in [0.717, 1.165) is 18.8 Å². The highest BCUT2D eigenvalue weighted by Gasteiger charge is 2.41. The van der Waals surface area contributed by atoms with Crippen molar-refractivity contribution < 1.29 is 5.11 Å². The van der Waals surface area contributed by atoms with Gasteiger partial charge in [0.1, 0.15) is 12.7 Å². The SMILES string of the molecule is CC(C)(C)C(O)(CCC1CC1)Cn1cncn1. The minimum Gasteiger partial charge on any atom is -0.387 e. The molecule has 0 saturated heterocycles. The summed E-state index contributed by atoms with van der Waals surface area (Å²) in [5.41, 5.74) is -0.850. The van der Waals surface area contributed by atoms with Crippen molar-refractivity contribution in [2.75, 3.05) is 0 Å². The molecule has 1 aliphatic carbocycles. The number of aliphatic hydroxyl groups is 1. The Bertz CT molecular complexity index is 351. The Kier molecular flexibility index (Phi) is 3.25. The van der Waals surface area contributed by atoms with Crippen molar-refractivity contribution in [1.29, 1.82) is 0 Å². The second-order valence-corrected chi connectivity index (χ2v) is 6.36. The van der Waals surface area contributed by atoms with Gasteiger partial charge < -0.3 is 5.11 Å². The van der Waals surface area contributed by atoms with Crippen molar-refractivity contribution in [3.63, 3.8) is 0 Å². The Morgan fingerprint density at radius 2 is 2.06 bits per heavy atom. The summed E-state index contributed by atoms with van der Waals surface area (Å²) in [4.78, 5) is 3.94. The zero-order valence-corrected chi connectivity index (χ0v) is 11.1. The molecule has 0 spiro atoms. The minimum absolute atomic E-state index is 0.145. The van der Waals surface area contributed by atoms with Gasteiger partial charge in [-0.05, 0) is 24.2 Å². The third kappa shape index (κ3) is 3.06. The first-order valence-electron chi connectivity index (χ1n) is 6.45. The van der Waals surface area contributed by atoms with E-state index >= 15 is 0 Å². The molecule has 1 heterocycles. The first-order valence-corrected chi connectivity index (χ1v) is 6.45. The fourth-order valence-corrected chi connectivity index (χ4v) is 2.12. The van der Waals surface area contributed by atoms with E-state index < -0.39 is 5.60 Å². The molecule has 0 amide bonds. The van der Waals surface area contributed by atoms with Crippen LogP contribution >= 0.6 is 0 Å². The lowest BCUT2D eigenvalue weighted by molar-refractivity contribution is -0.0819. The van der Waals surface area contributed by atoms with E-state index in [9.17, 15) is 5.11 Å². The van der Waals surface area contributed by atoms with Crippen molar-refractivity contribution in [1.82, 2.24) is 14.8 Å². The normalized spacial score (nSPS) is 20.2. The Labute approximate surface area is 103 Å². The van der Waals surface area contributed by atoms with Gasteiger partial charge in [0.2, 0.25) is 0 Å². The van der Waals surface area contributed by atoms with Gasteiger partial charge in [-0.15, -0.1) is 0 Å². The number of rotatable bonds is 5. The van der Waals surface area contributed by atoms with Crippen LogP contribution in [-0.4, -0.2) is 25.5 Å². The average Bonchev–Trinajstić information content (AvgIpc) is 2.92. The molecule has 0 aliphatic heterocycles. The van der Waals surface area contributed by atoms with Crippen LogP contribution in [0.2, 0.25) is 0 Å². The summed E-state index contributed by atoms with van der Waals surface area (Å²) in [6.07, 6.45) is 7.84. The van der Waals surface area contributed by atoms with Crippen LogP contribution in [0.1, 0.15) is 46.5 Å². The molecular formula is C13H23N3O. The molecule has 17 heavy (non-hydrogen) atoms. The summed E-state index contributed by atoms with van der Waals surface area (Å²) in [7, 11) is 0. The highest BCUT2D eigenvalue weighted by Crippen LogP contribution is 2.41. The summed E-state index contributed by atoms with van der Waals surface area (Å²) in [5.74, 6) is 0.847. The van der Waals surface area contributed by atoms with Crippen LogP contribution in [-0.2, 0) is 6.54 Å². The summed E-state index contributed by atoms with van der Waals surface area (Å²) >= 11 is 0. The maximum absolute atomic E-state index is 10.9. The highest BCUT2D eigenvalue weighted by atomic mass is 16.3. The predicted octanol–water partition coefficient (Wildman–Crippen LogP) is 2.25. The Morgan fingerprint density at radius 1 is 1.35 bits per heavy atom. The summed E-state index contributed by atoms with van der Waals surface area (Å²) in [6, 6.07) is 0. The molecule has 1 aliphatic rings. The van der Waals surface area contributed by atoms with Gasteiger partial charge in [0.25, 0.3) is 0 Å². The van der Waals surface area contributed by atoms with E-state index in [2.05, 4.69) is 30.9 Å². The van der Waals surface area contributed by atoms with Crippen molar-refractivity contribution >= 4 is 0 Å². The number of hydrogen-bond acceptors (Lipinski definition) is 3. The monoisotopic (exact) mass is 237 g/mol. The Hall–Kier alpha value is -0.900. The number of aromatic nitrogens is 3. The van der Waals surface area contributed by atoms with Crippen LogP contribution in [0.3, 0.4) is 0 Å². The molecular weight excluding hydrogens is 214 g/mol. The molecule has 96 valence electrons. The molecule has 1 aromatic rings. The smallest absolute Gasteiger partial charge is 0.137 e. The van der Waals surface area contributed by atoms with Gasteiger partial charge in [-0.3, -0.25) is 4.68 Å². The molecule has 0 bridgehead atoms. The van der Waals surface area contributed by atoms with Gasteiger partial charge in [-0.25, -0.2) is 4.98 Å². The lowest BCUT2D eigenvalue weighted by atomic mass is 9.73. The standard InChI is InChI=1S/C13H23N3O/c1-12(2,3)13(17,7-6-11-4-5-11)8-16-10-14-9-15-16/h9-11,17H,4-8H2,1-3H3. The van der Waals surface area contributed by atoms with Crippen molar-refractivity contribution in [3.05, 3.63) is 12.7 Å². The summed E-state index contributed by atoms with van der Waals surface area (Å²) in [5, 5.41) is 15.0. The fourth-order valence-electron chi connectivity index (χ4n) is 2.12. The van der Waals surface area contributed by atoms with Gasteiger partial charge in [0.15, 0.2) is 0 Å². The molecule has 0 aromatic carbocycles. The molecule has 1 unspecified atom stereocenters. The molecule has 1 N–H and O–H groups in total. The van der Waals surface area contributed by atoms with Gasteiger partial charge in [0, 0.05) is 0 Å². The van der Waals surface area contributed by atoms with E-state index in [-0.39, 0.29) is 5.41 Å². The predicted molar refractivity (Wildman–Crippen MR) is 66.4 cm³/mol.